The van der Waals surface area contributed by atoms with Gasteiger partial charge >= 0.3 is 0 Å². The van der Waals surface area contributed by atoms with Crippen LogP contribution in [0.5, 0.6) is 0 Å². The van der Waals surface area contributed by atoms with Crippen molar-refractivity contribution in [3.05, 3.63) is 93.5 Å². The summed E-state index contributed by atoms with van der Waals surface area (Å²) in [5, 5.41) is 0. The van der Waals surface area contributed by atoms with Crippen molar-refractivity contribution < 1.29 is 14.0 Å². The third-order valence-electron chi connectivity index (χ3n) is 4.08. The number of benzene rings is 2. The van der Waals surface area contributed by atoms with Crippen LogP contribution >= 0.6 is 0 Å². The second-order valence-corrected chi connectivity index (χ2v) is 6.29. The van der Waals surface area contributed by atoms with Crippen LogP contribution < -0.4 is 16.4 Å². The van der Waals surface area contributed by atoms with Gasteiger partial charge in [0.2, 0.25) is 5.91 Å². The minimum absolute atomic E-state index is 0.0385. The van der Waals surface area contributed by atoms with Crippen molar-refractivity contribution in [1.29, 1.82) is 0 Å². The second kappa shape index (κ2) is 8.30. The summed E-state index contributed by atoms with van der Waals surface area (Å²) >= 11 is 0. The number of pyridine rings is 1. The first-order valence-electron chi connectivity index (χ1n) is 8.56. The number of carbonyl (C=O) groups excluding carboxylic acids is 2. The maximum Gasteiger partial charge on any atom is 0.275 e. The average Bonchev–Trinajstić information content (AvgIpc) is 2.68. The summed E-state index contributed by atoms with van der Waals surface area (Å²) in [6.45, 7) is 1.94. The zero-order chi connectivity index (χ0) is 20.1. The third kappa shape index (κ3) is 4.70. The molecule has 0 aliphatic heterocycles. The van der Waals surface area contributed by atoms with E-state index in [0.717, 1.165) is 11.1 Å². The molecule has 0 saturated carbocycles. The Hall–Kier alpha value is -3.74. The number of hydrazine groups is 1. The van der Waals surface area contributed by atoms with Gasteiger partial charge in [-0.15, -0.1) is 0 Å². The van der Waals surface area contributed by atoms with E-state index in [1.807, 2.05) is 31.2 Å². The van der Waals surface area contributed by atoms with E-state index in [-0.39, 0.29) is 12.0 Å². The predicted octanol–water partition coefficient (Wildman–Crippen LogP) is 2.49. The Bertz CT molecular complexity index is 1070. The minimum atomic E-state index is -0.732. The molecule has 2 amide bonds. The van der Waals surface area contributed by atoms with Crippen LogP contribution in [0.15, 0.2) is 65.5 Å². The summed E-state index contributed by atoms with van der Waals surface area (Å²) in [5.74, 6) is -1.62. The first kappa shape index (κ1) is 19.0. The van der Waals surface area contributed by atoms with Gasteiger partial charge in [-0.05, 0) is 48.4 Å². The van der Waals surface area contributed by atoms with E-state index in [2.05, 4.69) is 15.8 Å². The first-order chi connectivity index (χ1) is 13.4. The Balaban J connectivity index is 1.63. The molecule has 3 aromatic rings. The number of aryl methyl sites for hydroxylation is 1. The quantitative estimate of drug-likeness (QED) is 0.608. The predicted molar refractivity (Wildman–Crippen MR) is 103 cm³/mol. The number of halogens is 1. The molecular weight excluding hydrogens is 361 g/mol. The van der Waals surface area contributed by atoms with Gasteiger partial charge in [0.15, 0.2) is 0 Å². The number of aromatic amines is 1. The molecule has 7 heteroatoms. The normalized spacial score (nSPS) is 10.4. The zero-order valence-corrected chi connectivity index (χ0v) is 15.1. The lowest BCUT2D eigenvalue weighted by atomic mass is 10.1. The molecule has 0 saturated heterocycles. The lowest BCUT2D eigenvalue weighted by molar-refractivity contribution is -0.121. The number of hydrogen-bond acceptors (Lipinski definition) is 3. The van der Waals surface area contributed by atoms with Gasteiger partial charge in [0.1, 0.15) is 11.4 Å². The van der Waals surface area contributed by atoms with E-state index in [9.17, 15) is 18.8 Å². The van der Waals surface area contributed by atoms with Gasteiger partial charge in [-0.2, -0.15) is 0 Å². The monoisotopic (exact) mass is 379 g/mol. The SMILES string of the molecule is Cc1cccc(-c2ccc(C(=O)NNC(=O)Cc3ccc(F)cc3)c(=O)[nH]2)c1. The van der Waals surface area contributed by atoms with Crippen molar-refractivity contribution >= 4 is 11.8 Å². The number of hydrogen-bond donors (Lipinski definition) is 3. The number of amides is 2. The minimum Gasteiger partial charge on any atom is -0.321 e. The highest BCUT2D eigenvalue weighted by Gasteiger charge is 2.13. The molecule has 0 aliphatic carbocycles. The summed E-state index contributed by atoms with van der Waals surface area (Å²) in [4.78, 5) is 39.0. The highest BCUT2D eigenvalue weighted by atomic mass is 19.1. The van der Waals surface area contributed by atoms with Crippen molar-refractivity contribution in [1.82, 2.24) is 15.8 Å². The number of carbonyl (C=O) groups is 2. The fraction of sp³-hybridized carbons (Fsp3) is 0.0952. The molecular formula is C21H18FN3O3. The molecule has 3 N–H and O–H groups in total. The van der Waals surface area contributed by atoms with Crippen molar-refractivity contribution in [2.45, 2.75) is 13.3 Å². The lowest BCUT2D eigenvalue weighted by Crippen LogP contribution is -2.44. The molecule has 0 unspecified atom stereocenters. The van der Waals surface area contributed by atoms with Crippen molar-refractivity contribution in [2.75, 3.05) is 0 Å². The molecule has 0 bridgehead atoms. The molecule has 0 atom stereocenters. The van der Waals surface area contributed by atoms with Gasteiger partial charge in [-0.3, -0.25) is 25.2 Å². The molecule has 0 fully saturated rings. The topological polar surface area (TPSA) is 91.1 Å². The summed E-state index contributed by atoms with van der Waals surface area (Å²) < 4.78 is 12.9. The van der Waals surface area contributed by atoms with Gasteiger partial charge in [0.25, 0.3) is 11.5 Å². The summed E-state index contributed by atoms with van der Waals surface area (Å²) in [6, 6.07) is 16.1. The van der Waals surface area contributed by atoms with E-state index >= 15 is 0 Å². The van der Waals surface area contributed by atoms with Gasteiger partial charge in [-0.25, -0.2) is 4.39 Å². The Labute approximate surface area is 160 Å². The third-order valence-corrected chi connectivity index (χ3v) is 4.08. The van der Waals surface area contributed by atoms with Crippen molar-refractivity contribution in [2.24, 2.45) is 0 Å². The fourth-order valence-electron chi connectivity index (χ4n) is 2.66. The summed E-state index contributed by atoms with van der Waals surface area (Å²) in [6.07, 6.45) is -0.0385. The molecule has 0 aliphatic rings. The van der Waals surface area contributed by atoms with E-state index in [1.54, 1.807) is 6.07 Å². The Morgan fingerprint density at radius 3 is 2.43 bits per heavy atom. The van der Waals surface area contributed by atoms with E-state index in [0.29, 0.717) is 11.3 Å². The smallest absolute Gasteiger partial charge is 0.275 e. The molecule has 1 heterocycles. The molecule has 0 radical (unpaired) electrons. The van der Waals surface area contributed by atoms with Crippen LogP contribution in [0.4, 0.5) is 4.39 Å². The Morgan fingerprint density at radius 1 is 1.00 bits per heavy atom. The van der Waals surface area contributed by atoms with E-state index in [4.69, 9.17) is 0 Å². The zero-order valence-electron chi connectivity index (χ0n) is 15.1. The summed E-state index contributed by atoms with van der Waals surface area (Å²) in [5.41, 5.74) is 6.81. The van der Waals surface area contributed by atoms with Gasteiger partial charge in [0, 0.05) is 5.69 Å². The molecule has 28 heavy (non-hydrogen) atoms. The van der Waals surface area contributed by atoms with Gasteiger partial charge in [0.05, 0.1) is 6.42 Å². The number of H-pyrrole nitrogens is 1. The van der Waals surface area contributed by atoms with Gasteiger partial charge < -0.3 is 4.98 Å². The Morgan fingerprint density at radius 2 is 1.75 bits per heavy atom. The maximum absolute atomic E-state index is 12.9. The highest BCUT2D eigenvalue weighted by Crippen LogP contribution is 2.16. The molecule has 142 valence electrons. The van der Waals surface area contributed by atoms with Crippen LogP contribution in [0.3, 0.4) is 0 Å². The molecule has 2 aromatic carbocycles. The summed E-state index contributed by atoms with van der Waals surface area (Å²) in [7, 11) is 0. The maximum atomic E-state index is 12.9. The Kier molecular flexibility index (Phi) is 5.64. The van der Waals surface area contributed by atoms with Crippen molar-refractivity contribution in [3.63, 3.8) is 0 Å². The van der Waals surface area contributed by atoms with Crippen LogP contribution in [-0.2, 0) is 11.2 Å². The first-order valence-corrected chi connectivity index (χ1v) is 8.56. The van der Waals surface area contributed by atoms with E-state index in [1.165, 1.54) is 30.3 Å². The number of aromatic nitrogens is 1. The largest absolute Gasteiger partial charge is 0.321 e. The molecule has 0 spiro atoms. The highest BCUT2D eigenvalue weighted by molar-refractivity contribution is 5.95. The number of nitrogens with one attached hydrogen (secondary N) is 3. The van der Waals surface area contributed by atoms with Crippen molar-refractivity contribution in [3.8, 4) is 11.3 Å². The van der Waals surface area contributed by atoms with E-state index < -0.39 is 23.2 Å². The average molecular weight is 379 g/mol. The van der Waals surface area contributed by atoms with Crippen LogP contribution in [0, 0.1) is 12.7 Å². The fourth-order valence-corrected chi connectivity index (χ4v) is 2.66. The second-order valence-electron chi connectivity index (χ2n) is 6.29. The standard InChI is InChI=1S/C21H18FN3O3/c1-13-3-2-4-15(11-13)18-10-9-17(20(27)23-18)21(28)25-24-19(26)12-14-5-7-16(22)8-6-14/h2-11H,12H2,1H3,(H,23,27)(H,24,26)(H,25,28). The molecule has 3 rings (SSSR count). The molecule has 6 nitrogen and oxygen atoms in total. The van der Waals surface area contributed by atoms with Crippen LogP contribution in [0.2, 0.25) is 0 Å². The number of rotatable bonds is 4. The van der Waals surface area contributed by atoms with Crippen LogP contribution in [0.1, 0.15) is 21.5 Å². The van der Waals surface area contributed by atoms with Gasteiger partial charge in [-0.1, -0.05) is 35.9 Å². The lowest BCUT2D eigenvalue weighted by Gasteiger charge is -2.08. The molecule has 1 aromatic heterocycles. The van der Waals surface area contributed by atoms with Crippen LogP contribution in [-0.4, -0.2) is 16.8 Å². The van der Waals surface area contributed by atoms with Crippen LogP contribution in [0.25, 0.3) is 11.3 Å².